The van der Waals surface area contributed by atoms with E-state index < -0.39 is 0 Å². The molecule has 1 aliphatic rings. The van der Waals surface area contributed by atoms with Gasteiger partial charge in [0.1, 0.15) is 22.9 Å². The molecule has 222 valence electrons. The predicted molar refractivity (Wildman–Crippen MR) is 173 cm³/mol. The lowest BCUT2D eigenvalue weighted by Crippen LogP contribution is -2.09. The summed E-state index contributed by atoms with van der Waals surface area (Å²) in [4.78, 5) is 21.8. The van der Waals surface area contributed by atoms with Crippen LogP contribution in [0.5, 0.6) is 5.75 Å². The highest BCUT2D eigenvalue weighted by atomic mass is 16.5. The summed E-state index contributed by atoms with van der Waals surface area (Å²) in [6, 6.07) is 25.2. The molecule has 8 heteroatoms. The number of aryl methyl sites for hydroxylation is 3. The Morgan fingerprint density at radius 2 is 1.57 bits per heavy atom. The van der Waals surface area contributed by atoms with Crippen LogP contribution in [-0.4, -0.2) is 38.8 Å². The average Bonchev–Trinajstić information content (AvgIpc) is 3.69. The number of imidazole rings is 2. The van der Waals surface area contributed by atoms with Gasteiger partial charge in [-0.1, -0.05) is 36.4 Å². The Hall–Kier alpha value is -5.11. The Kier molecular flexibility index (Phi) is 6.84. The summed E-state index contributed by atoms with van der Waals surface area (Å²) >= 11 is 0. The lowest BCUT2D eigenvalue weighted by molar-refractivity contribution is -0.141. The first-order valence-corrected chi connectivity index (χ1v) is 14.9. The summed E-state index contributed by atoms with van der Waals surface area (Å²) < 4.78 is 15.2. The Morgan fingerprint density at radius 3 is 2.36 bits per heavy atom. The van der Waals surface area contributed by atoms with Crippen molar-refractivity contribution in [2.24, 2.45) is 0 Å². The van der Waals surface area contributed by atoms with Gasteiger partial charge in [-0.25, -0.2) is 9.97 Å². The molecule has 0 saturated heterocycles. The maximum atomic E-state index is 11.8. The van der Waals surface area contributed by atoms with Gasteiger partial charge in [0.2, 0.25) is 0 Å². The molecule has 3 heterocycles. The van der Waals surface area contributed by atoms with Crippen LogP contribution in [0.3, 0.4) is 0 Å². The standard InChI is InChI=1S/C36H35N5O3/c1-21-9-6-12-30-35(21)38-23(3)41(30)32-14-8-13-31-36(32)39-24(4)40(31)29-11-7-10-25(22(29)2)19-37-27-15-16-28-26(17-34(42)43-5)20-44-33(28)18-27/h6-16,18,26,37H,17,19-20H2,1-5H3/t26-/m1/s1. The number of aromatic nitrogens is 4. The second-order valence-electron chi connectivity index (χ2n) is 11.5. The van der Waals surface area contributed by atoms with Crippen molar-refractivity contribution < 1.29 is 14.3 Å². The SMILES string of the molecule is COC(=O)C[C@@H]1COc2cc(NCc3cccc(-n4c(C)nc5c(-n6c(C)nc7c(C)cccc76)cccc54)c3C)ccc21. The van der Waals surface area contributed by atoms with Gasteiger partial charge in [0, 0.05) is 29.8 Å². The molecule has 0 saturated carbocycles. The van der Waals surface area contributed by atoms with Crippen molar-refractivity contribution in [2.45, 2.75) is 46.6 Å². The van der Waals surface area contributed by atoms with E-state index in [1.54, 1.807) is 0 Å². The van der Waals surface area contributed by atoms with Gasteiger partial charge in [0.15, 0.2) is 0 Å². The highest BCUT2D eigenvalue weighted by Gasteiger charge is 2.27. The van der Waals surface area contributed by atoms with Crippen LogP contribution in [-0.2, 0) is 16.1 Å². The minimum absolute atomic E-state index is 0.0275. The number of fused-ring (bicyclic) bond motifs is 3. The molecule has 8 nitrogen and oxygen atoms in total. The fourth-order valence-corrected chi connectivity index (χ4v) is 6.49. The number of ether oxygens (including phenoxy) is 2. The van der Waals surface area contributed by atoms with Gasteiger partial charge < -0.3 is 14.8 Å². The Labute approximate surface area is 256 Å². The van der Waals surface area contributed by atoms with Crippen LogP contribution in [0.2, 0.25) is 0 Å². The quantitative estimate of drug-likeness (QED) is 0.199. The van der Waals surface area contributed by atoms with E-state index >= 15 is 0 Å². The number of hydrogen-bond acceptors (Lipinski definition) is 6. The van der Waals surface area contributed by atoms with Crippen molar-refractivity contribution >= 4 is 33.7 Å². The van der Waals surface area contributed by atoms with Crippen LogP contribution in [0.1, 0.15) is 46.2 Å². The molecule has 0 amide bonds. The topological polar surface area (TPSA) is 83.2 Å². The van der Waals surface area contributed by atoms with Crippen molar-refractivity contribution in [2.75, 3.05) is 19.0 Å². The minimum atomic E-state index is -0.221. The number of rotatable bonds is 7. The Balaban J connectivity index is 1.20. The van der Waals surface area contributed by atoms with Crippen LogP contribution in [0, 0.1) is 27.7 Å². The summed E-state index contributed by atoms with van der Waals surface area (Å²) in [5.41, 5.74) is 11.8. The second kappa shape index (κ2) is 10.9. The molecule has 1 aliphatic heterocycles. The molecule has 0 bridgehead atoms. The van der Waals surface area contributed by atoms with Gasteiger partial charge in [-0.15, -0.1) is 0 Å². The predicted octanol–water partition coefficient (Wildman–Crippen LogP) is 7.25. The largest absolute Gasteiger partial charge is 0.493 e. The van der Waals surface area contributed by atoms with Crippen molar-refractivity contribution in [3.05, 3.63) is 107 Å². The molecule has 0 unspecified atom stereocenters. The van der Waals surface area contributed by atoms with Crippen LogP contribution in [0.4, 0.5) is 5.69 Å². The second-order valence-corrected chi connectivity index (χ2v) is 11.5. The number of nitrogens with zero attached hydrogens (tertiary/aromatic N) is 4. The molecule has 1 atom stereocenters. The first-order chi connectivity index (χ1) is 21.3. The van der Waals surface area contributed by atoms with Crippen molar-refractivity contribution in [3.63, 3.8) is 0 Å². The summed E-state index contributed by atoms with van der Waals surface area (Å²) in [5.74, 6) is 2.49. The molecule has 4 aromatic carbocycles. The molecule has 7 rings (SSSR count). The Morgan fingerprint density at radius 1 is 0.886 bits per heavy atom. The monoisotopic (exact) mass is 585 g/mol. The van der Waals surface area contributed by atoms with E-state index in [0.717, 1.165) is 67.7 Å². The number of carbonyl (C=O) groups excluding carboxylic acids is 1. The maximum absolute atomic E-state index is 11.8. The van der Waals surface area contributed by atoms with E-state index in [0.29, 0.717) is 19.6 Å². The molecule has 0 fully saturated rings. The third kappa shape index (κ3) is 4.58. The van der Waals surface area contributed by atoms with E-state index in [1.807, 2.05) is 12.1 Å². The van der Waals surface area contributed by atoms with Gasteiger partial charge in [0.25, 0.3) is 0 Å². The lowest BCUT2D eigenvalue weighted by Gasteiger charge is -2.16. The van der Waals surface area contributed by atoms with E-state index in [1.165, 1.54) is 18.2 Å². The van der Waals surface area contributed by atoms with Gasteiger partial charge in [-0.3, -0.25) is 13.9 Å². The van der Waals surface area contributed by atoms with Gasteiger partial charge in [-0.05, 0) is 74.7 Å². The molecule has 0 spiro atoms. The van der Waals surface area contributed by atoms with Crippen LogP contribution < -0.4 is 10.1 Å². The molecular formula is C36H35N5O3. The molecular weight excluding hydrogens is 550 g/mol. The van der Waals surface area contributed by atoms with Crippen LogP contribution >= 0.6 is 0 Å². The highest BCUT2D eigenvalue weighted by molar-refractivity contribution is 5.90. The third-order valence-corrected chi connectivity index (χ3v) is 8.80. The third-order valence-electron chi connectivity index (χ3n) is 8.80. The van der Waals surface area contributed by atoms with E-state index in [4.69, 9.17) is 19.4 Å². The highest BCUT2D eigenvalue weighted by Crippen LogP contribution is 2.38. The van der Waals surface area contributed by atoms with Crippen molar-refractivity contribution in [3.8, 4) is 17.1 Å². The fourth-order valence-electron chi connectivity index (χ4n) is 6.49. The van der Waals surface area contributed by atoms with Gasteiger partial charge >= 0.3 is 5.97 Å². The number of esters is 1. The zero-order valence-corrected chi connectivity index (χ0v) is 25.6. The number of nitrogens with one attached hydrogen (secondary N) is 1. The molecule has 2 aromatic heterocycles. The first-order valence-electron chi connectivity index (χ1n) is 14.9. The van der Waals surface area contributed by atoms with E-state index in [9.17, 15) is 4.79 Å². The summed E-state index contributed by atoms with van der Waals surface area (Å²) in [6.45, 7) is 9.53. The zero-order chi connectivity index (χ0) is 30.5. The smallest absolute Gasteiger partial charge is 0.306 e. The van der Waals surface area contributed by atoms with Crippen molar-refractivity contribution in [1.29, 1.82) is 0 Å². The van der Waals surface area contributed by atoms with Gasteiger partial charge in [0.05, 0.1) is 48.1 Å². The minimum Gasteiger partial charge on any atom is -0.493 e. The molecule has 44 heavy (non-hydrogen) atoms. The normalized spacial score (nSPS) is 14.2. The zero-order valence-electron chi connectivity index (χ0n) is 25.6. The number of anilines is 1. The Bertz CT molecular complexity index is 2070. The van der Waals surface area contributed by atoms with E-state index in [-0.39, 0.29) is 11.9 Å². The molecule has 0 aliphatic carbocycles. The molecule has 0 radical (unpaired) electrons. The lowest BCUT2D eigenvalue weighted by atomic mass is 9.97. The van der Waals surface area contributed by atoms with Crippen molar-refractivity contribution in [1.82, 2.24) is 19.1 Å². The average molecular weight is 586 g/mol. The summed E-state index contributed by atoms with van der Waals surface area (Å²) in [6.07, 6.45) is 0.324. The number of hydrogen-bond donors (Lipinski definition) is 1. The number of methoxy groups -OCH3 is 1. The fraction of sp³-hybridized carbons (Fsp3) is 0.250. The van der Waals surface area contributed by atoms with Gasteiger partial charge in [-0.2, -0.15) is 0 Å². The molecule has 1 N–H and O–H groups in total. The number of benzene rings is 4. The summed E-state index contributed by atoms with van der Waals surface area (Å²) in [5, 5.41) is 3.57. The maximum Gasteiger partial charge on any atom is 0.306 e. The van der Waals surface area contributed by atoms with Crippen LogP contribution in [0.15, 0.2) is 72.8 Å². The number of para-hydroxylation sites is 2. The number of carbonyl (C=O) groups is 1. The summed E-state index contributed by atoms with van der Waals surface area (Å²) in [7, 11) is 1.42. The first kappa shape index (κ1) is 27.7. The van der Waals surface area contributed by atoms with Crippen LogP contribution in [0.25, 0.3) is 33.4 Å². The van der Waals surface area contributed by atoms with E-state index in [2.05, 4.69) is 103 Å². The molecule has 6 aromatic rings.